The molecule has 0 aliphatic carbocycles. The van der Waals surface area contributed by atoms with Gasteiger partial charge in [0.15, 0.2) is 0 Å². The monoisotopic (exact) mass is 454 g/mol. The van der Waals surface area contributed by atoms with E-state index in [1.165, 1.54) is 4.90 Å². The fourth-order valence-electron chi connectivity index (χ4n) is 3.97. The Balaban J connectivity index is 1.76. The second-order valence-corrected chi connectivity index (χ2v) is 8.81. The highest BCUT2D eigenvalue weighted by Gasteiger charge is 2.42. The number of aryl methyl sites for hydroxylation is 1. The zero-order chi connectivity index (χ0) is 24.2. The number of likely N-dealkylation sites (N-methyl/N-ethyl adjacent to an activating group) is 1. The number of hydrogen-bond acceptors (Lipinski definition) is 4. The van der Waals surface area contributed by atoms with Gasteiger partial charge in [-0.25, -0.2) is 4.90 Å². The molecule has 4 rings (SSSR count). The summed E-state index contributed by atoms with van der Waals surface area (Å²) >= 11 is 0. The molecule has 1 aliphatic heterocycles. The Labute approximate surface area is 201 Å². The van der Waals surface area contributed by atoms with Gasteiger partial charge in [0.1, 0.15) is 11.4 Å². The maximum atomic E-state index is 13.7. The van der Waals surface area contributed by atoms with Crippen molar-refractivity contribution < 1.29 is 14.3 Å². The van der Waals surface area contributed by atoms with Crippen LogP contribution in [-0.2, 0) is 16.0 Å². The lowest BCUT2D eigenvalue weighted by Gasteiger charge is -2.21. The van der Waals surface area contributed by atoms with E-state index in [2.05, 4.69) is 20.8 Å². The lowest BCUT2D eigenvalue weighted by atomic mass is 10.0. The van der Waals surface area contributed by atoms with Gasteiger partial charge < -0.3 is 9.64 Å². The number of hydrogen-bond donors (Lipinski definition) is 0. The maximum Gasteiger partial charge on any atom is 0.282 e. The van der Waals surface area contributed by atoms with Gasteiger partial charge in [0.25, 0.3) is 11.8 Å². The molecule has 0 bridgehead atoms. The minimum atomic E-state index is -0.337. The van der Waals surface area contributed by atoms with Gasteiger partial charge in [-0.3, -0.25) is 9.59 Å². The van der Waals surface area contributed by atoms with E-state index in [0.717, 1.165) is 23.4 Å². The van der Waals surface area contributed by atoms with Crippen LogP contribution in [0.1, 0.15) is 31.9 Å². The number of carbonyl (C=O) groups excluding carboxylic acids is 2. The van der Waals surface area contributed by atoms with Crippen molar-refractivity contribution in [2.45, 2.75) is 27.2 Å². The van der Waals surface area contributed by atoms with Crippen LogP contribution in [0.4, 0.5) is 11.4 Å². The van der Waals surface area contributed by atoms with Crippen molar-refractivity contribution in [3.63, 3.8) is 0 Å². The van der Waals surface area contributed by atoms with Gasteiger partial charge in [-0.2, -0.15) is 0 Å². The molecule has 0 saturated heterocycles. The average molecular weight is 455 g/mol. The molecule has 0 radical (unpaired) electrons. The predicted octanol–water partition coefficient (Wildman–Crippen LogP) is 5.70. The molecule has 1 aliphatic rings. The fraction of sp³-hybridized carbons (Fsp3) is 0.241. The van der Waals surface area contributed by atoms with E-state index >= 15 is 0 Å². The van der Waals surface area contributed by atoms with Crippen molar-refractivity contribution >= 4 is 28.8 Å². The molecule has 3 aromatic carbocycles. The molecule has 1 heterocycles. The van der Waals surface area contributed by atoms with E-state index in [4.69, 9.17) is 4.74 Å². The Hall–Kier alpha value is -3.86. The molecule has 0 atom stereocenters. The summed E-state index contributed by atoms with van der Waals surface area (Å²) in [5.74, 6) is 0.480. The normalized spacial score (nSPS) is 13.7. The van der Waals surface area contributed by atoms with Gasteiger partial charge in [-0.15, -0.1) is 0 Å². The smallest absolute Gasteiger partial charge is 0.282 e. The van der Waals surface area contributed by atoms with E-state index in [0.29, 0.717) is 35.0 Å². The van der Waals surface area contributed by atoms with E-state index in [1.54, 1.807) is 4.90 Å². The molecular formula is C29H30N2O3. The number of benzene rings is 3. The van der Waals surface area contributed by atoms with E-state index in [-0.39, 0.29) is 11.8 Å². The van der Waals surface area contributed by atoms with Crippen LogP contribution in [0.15, 0.2) is 84.6 Å². The molecule has 34 heavy (non-hydrogen) atoms. The third-order valence-electron chi connectivity index (χ3n) is 5.87. The number of anilines is 2. The standard InChI is InChI=1S/C29H30N2O3/c1-5-21-11-15-24(16-12-21)31-28(32)26(22-13-17-25(18-14-22)34-19-20(2)3)27(29(31)33)30(4)23-9-7-6-8-10-23/h6-18,20H,5,19H2,1-4H3. The summed E-state index contributed by atoms with van der Waals surface area (Å²) in [5.41, 5.74) is 3.96. The fourth-order valence-corrected chi connectivity index (χ4v) is 3.97. The number of nitrogens with zero attached hydrogens (tertiary/aromatic N) is 2. The second-order valence-electron chi connectivity index (χ2n) is 8.81. The Bertz CT molecular complexity index is 1200. The highest BCUT2D eigenvalue weighted by Crippen LogP contribution is 2.36. The lowest BCUT2D eigenvalue weighted by Crippen LogP contribution is -2.34. The SMILES string of the molecule is CCc1ccc(N2C(=O)C(c3ccc(OCC(C)C)cc3)=C(N(C)c3ccccc3)C2=O)cc1. The first kappa shape index (κ1) is 23.3. The second kappa shape index (κ2) is 9.96. The number of para-hydroxylation sites is 1. The van der Waals surface area contributed by atoms with Crippen LogP contribution in [-0.4, -0.2) is 25.5 Å². The third kappa shape index (κ3) is 4.60. The minimum Gasteiger partial charge on any atom is -0.493 e. The zero-order valence-corrected chi connectivity index (χ0v) is 20.1. The molecular weight excluding hydrogens is 424 g/mol. The molecule has 174 valence electrons. The lowest BCUT2D eigenvalue weighted by molar-refractivity contribution is -0.120. The van der Waals surface area contributed by atoms with Crippen LogP contribution in [0, 0.1) is 5.92 Å². The van der Waals surface area contributed by atoms with Crippen molar-refractivity contribution in [2.24, 2.45) is 5.92 Å². The maximum absolute atomic E-state index is 13.7. The minimum absolute atomic E-state index is 0.331. The number of rotatable bonds is 8. The molecule has 0 N–H and O–H groups in total. The van der Waals surface area contributed by atoms with E-state index in [1.807, 2.05) is 85.9 Å². The van der Waals surface area contributed by atoms with Crippen LogP contribution in [0.25, 0.3) is 5.57 Å². The summed E-state index contributed by atoms with van der Waals surface area (Å²) in [4.78, 5) is 30.5. The van der Waals surface area contributed by atoms with Crippen LogP contribution >= 0.6 is 0 Å². The highest BCUT2D eigenvalue weighted by atomic mass is 16.5. The number of ether oxygens (including phenoxy) is 1. The largest absolute Gasteiger partial charge is 0.493 e. The van der Waals surface area contributed by atoms with Crippen molar-refractivity contribution in [3.05, 3.63) is 95.7 Å². The molecule has 5 nitrogen and oxygen atoms in total. The first-order chi connectivity index (χ1) is 16.4. The Morgan fingerprint density at radius 1 is 0.853 bits per heavy atom. The van der Waals surface area contributed by atoms with E-state index in [9.17, 15) is 9.59 Å². The number of carbonyl (C=O) groups is 2. The van der Waals surface area contributed by atoms with Gasteiger partial charge in [-0.1, -0.05) is 63.2 Å². The van der Waals surface area contributed by atoms with Gasteiger partial charge in [0.2, 0.25) is 0 Å². The van der Waals surface area contributed by atoms with E-state index < -0.39 is 0 Å². The Morgan fingerprint density at radius 3 is 2.09 bits per heavy atom. The highest BCUT2D eigenvalue weighted by molar-refractivity contribution is 6.46. The van der Waals surface area contributed by atoms with Crippen LogP contribution < -0.4 is 14.5 Å². The molecule has 0 fully saturated rings. The van der Waals surface area contributed by atoms with Crippen LogP contribution in [0.2, 0.25) is 0 Å². The molecule has 3 aromatic rings. The summed E-state index contributed by atoms with van der Waals surface area (Å²) in [6.07, 6.45) is 0.888. The summed E-state index contributed by atoms with van der Waals surface area (Å²) in [6, 6.07) is 24.6. The number of amides is 2. The summed E-state index contributed by atoms with van der Waals surface area (Å²) in [6.45, 7) is 6.87. The molecule has 2 amide bonds. The molecule has 0 saturated carbocycles. The van der Waals surface area contributed by atoms with Crippen molar-refractivity contribution in [3.8, 4) is 5.75 Å². The number of imide groups is 1. The average Bonchev–Trinajstić information content (AvgIpc) is 3.13. The van der Waals surface area contributed by atoms with Gasteiger partial charge >= 0.3 is 0 Å². The van der Waals surface area contributed by atoms with Crippen LogP contribution in [0.5, 0.6) is 5.75 Å². The summed E-state index contributed by atoms with van der Waals surface area (Å²) < 4.78 is 5.80. The Morgan fingerprint density at radius 2 is 1.50 bits per heavy atom. The molecule has 5 heteroatoms. The Kier molecular flexibility index (Phi) is 6.82. The summed E-state index contributed by atoms with van der Waals surface area (Å²) in [5, 5.41) is 0. The third-order valence-corrected chi connectivity index (χ3v) is 5.87. The van der Waals surface area contributed by atoms with Gasteiger partial charge in [0.05, 0.1) is 17.9 Å². The predicted molar refractivity (Wildman–Crippen MR) is 137 cm³/mol. The van der Waals surface area contributed by atoms with Crippen molar-refractivity contribution in [2.75, 3.05) is 23.5 Å². The molecule has 0 aromatic heterocycles. The van der Waals surface area contributed by atoms with Gasteiger partial charge in [-0.05, 0) is 59.9 Å². The quantitative estimate of drug-likeness (QED) is 0.410. The first-order valence-electron chi connectivity index (χ1n) is 11.6. The first-order valence-corrected chi connectivity index (χ1v) is 11.6. The van der Waals surface area contributed by atoms with Crippen molar-refractivity contribution in [1.29, 1.82) is 0 Å². The van der Waals surface area contributed by atoms with Gasteiger partial charge in [0, 0.05) is 12.7 Å². The summed E-state index contributed by atoms with van der Waals surface area (Å²) in [7, 11) is 1.82. The van der Waals surface area contributed by atoms with Crippen LogP contribution in [0.3, 0.4) is 0 Å². The topological polar surface area (TPSA) is 49.9 Å². The van der Waals surface area contributed by atoms with Crippen molar-refractivity contribution in [1.82, 2.24) is 0 Å². The molecule has 0 spiro atoms. The molecule has 0 unspecified atom stereocenters. The zero-order valence-electron chi connectivity index (χ0n) is 20.1.